The van der Waals surface area contributed by atoms with E-state index in [0.717, 1.165) is 15.7 Å². The van der Waals surface area contributed by atoms with Crippen LogP contribution in [0.15, 0.2) is 39.8 Å². The van der Waals surface area contributed by atoms with Gasteiger partial charge in [-0.3, -0.25) is 4.98 Å². The fourth-order valence-corrected chi connectivity index (χ4v) is 2.61. The van der Waals surface area contributed by atoms with Crippen molar-refractivity contribution >= 4 is 38.6 Å². The minimum atomic E-state index is 1.08. The molecule has 2 aromatic rings. The first-order valence-electron chi connectivity index (χ1n) is 4.49. The van der Waals surface area contributed by atoms with Gasteiger partial charge in [-0.25, -0.2) is 0 Å². The van der Waals surface area contributed by atoms with Crippen LogP contribution in [0.1, 0.15) is 6.92 Å². The minimum absolute atomic E-state index is 1.08. The van der Waals surface area contributed by atoms with Crippen molar-refractivity contribution in [2.45, 2.75) is 11.8 Å². The molecule has 14 heavy (non-hydrogen) atoms. The van der Waals surface area contributed by atoms with E-state index in [1.54, 1.807) is 0 Å². The molecule has 0 unspecified atom stereocenters. The molecule has 1 aromatic carbocycles. The molecule has 0 fully saturated rings. The van der Waals surface area contributed by atoms with Gasteiger partial charge in [0.1, 0.15) is 0 Å². The summed E-state index contributed by atoms with van der Waals surface area (Å²) in [5.74, 6) is 1.08. The van der Waals surface area contributed by atoms with E-state index >= 15 is 0 Å². The van der Waals surface area contributed by atoms with E-state index in [9.17, 15) is 0 Å². The van der Waals surface area contributed by atoms with E-state index in [1.165, 1.54) is 10.3 Å². The fourth-order valence-electron chi connectivity index (χ4n) is 1.38. The lowest BCUT2D eigenvalue weighted by atomic mass is 10.2. The molecule has 0 aliphatic carbocycles. The summed E-state index contributed by atoms with van der Waals surface area (Å²) in [6.07, 6.45) is 1.84. The molecule has 0 aliphatic rings. The summed E-state index contributed by atoms with van der Waals surface area (Å²) in [6, 6.07) is 8.26. The zero-order chi connectivity index (χ0) is 9.97. The normalized spacial score (nSPS) is 10.7. The maximum absolute atomic E-state index is 4.41. The van der Waals surface area contributed by atoms with Gasteiger partial charge in [-0.15, -0.1) is 11.8 Å². The Bertz CT molecular complexity index is 456. The number of nitrogens with zero attached hydrogens (tertiary/aromatic N) is 1. The first-order valence-corrected chi connectivity index (χ1v) is 6.27. The molecule has 0 amide bonds. The first kappa shape index (κ1) is 9.99. The van der Waals surface area contributed by atoms with Crippen LogP contribution < -0.4 is 0 Å². The van der Waals surface area contributed by atoms with Crippen LogP contribution >= 0.6 is 27.7 Å². The van der Waals surface area contributed by atoms with E-state index in [2.05, 4.69) is 46.0 Å². The van der Waals surface area contributed by atoms with E-state index in [-0.39, 0.29) is 0 Å². The van der Waals surface area contributed by atoms with Crippen molar-refractivity contribution in [3.8, 4) is 0 Å². The highest BCUT2D eigenvalue weighted by molar-refractivity contribution is 9.10. The predicted molar refractivity (Wildman–Crippen MR) is 65.8 cm³/mol. The van der Waals surface area contributed by atoms with Crippen molar-refractivity contribution in [3.63, 3.8) is 0 Å². The maximum Gasteiger partial charge on any atom is 0.0848 e. The Hall–Kier alpha value is -0.540. The Morgan fingerprint density at radius 2 is 2.21 bits per heavy atom. The van der Waals surface area contributed by atoms with Gasteiger partial charge in [0, 0.05) is 21.0 Å². The smallest absolute Gasteiger partial charge is 0.0848 e. The second-order valence-electron chi connectivity index (χ2n) is 2.88. The summed E-state index contributed by atoms with van der Waals surface area (Å²) in [6.45, 7) is 2.15. The number of pyridine rings is 1. The fraction of sp³-hybridized carbons (Fsp3) is 0.182. The van der Waals surface area contributed by atoms with E-state index < -0.39 is 0 Å². The van der Waals surface area contributed by atoms with E-state index in [4.69, 9.17) is 0 Å². The number of hydrogen-bond acceptors (Lipinski definition) is 2. The van der Waals surface area contributed by atoms with Gasteiger partial charge < -0.3 is 0 Å². The molecule has 0 atom stereocenters. The quantitative estimate of drug-likeness (QED) is 0.760. The lowest BCUT2D eigenvalue weighted by Crippen LogP contribution is -1.83. The van der Waals surface area contributed by atoms with Crippen LogP contribution in [0.25, 0.3) is 10.9 Å². The van der Waals surface area contributed by atoms with Crippen LogP contribution in [0.3, 0.4) is 0 Å². The van der Waals surface area contributed by atoms with Gasteiger partial charge >= 0.3 is 0 Å². The molecule has 72 valence electrons. The van der Waals surface area contributed by atoms with E-state index in [0.29, 0.717) is 0 Å². The van der Waals surface area contributed by atoms with E-state index in [1.807, 2.05) is 24.0 Å². The second kappa shape index (κ2) is 4.32. The molecular formula is C11H10BrNS. The van der Waals surface area contributed by atoms with Crippen LogP contribution in [0.4, 0.5) is 0 Å². The average Bonchev–Trinajstić information content (AvgIpc) is 2.23. The third-order valence-corrected chi connectivity index (χ3v) is 3.60. The Kier molecular flexibility index (Phi) is 3.08. The zero-order valence-electron chi connectivity index (χ0n) is 7.83. The Labute approximate surface area is 96.1 Å². The van der Waals surface area contributed by atoms with Gasteiger partial charge in [0.15, 0.2) is 0 Å². The Balaban J connectivity index is 2.68. The van der Waals surface area contributed by atoms with Gasteiger partial charge in [0.05, 0.1) is 5.52 Å². The SMILES string of the molecule is CCSc1ccc(Br)c2cccnc12. The predicted octanol–water partition coefficient (Wildman–Crippen LogP) is 4.11. The molecular weight excluding hydrogens is 258 g/mol. The molecule has 0 saturated carbocycles. The number of benzene rings is 1. The second-order valence-corrected chi connectivity index (χ2v) is 5.04. The zero-order valence-corrected chi connectivity index (χ0v) is 10.2. The Morgan fingerprint density at radius 3 is 3.00 bits per heavy atom. The van der Waals surface area contributed by atoms with Gasteiger partial charge in [-0.05, 0) is 24.0 Å². The number of fused-ring (bicyclic) bond motifs is 1. The topological polar surface area (TPSA) is 12.9 Å². The van der Waals surface area contributed by atoms with Crippen LogP contribution in [-0.2, 0) is 0 Å². The summed E-state index contributed by atoms with van der Waals surface area (Å²) in [7, 11) is 0. The number of hydrogen-bond donors (Lipinski definition) is 0. The molecule has 0 bridgehead atoms. The van der Waals surface area contributed by atoms with Crippen molar-refractivity contribution in [2.75, 3.05) is 5.75 Å². The number of halogens is 1. The van der Waals surface area contributed by atoms with Crippen molar-refractivity contribution in [3.05, 3.63) is 34.9 Å². The molecule has 1 aromatic heterocycles. The number of aromatic nitrogens is 1. The lowest BCUT2D eigenvalue weighted by molar-refractivity contribution is 1.34. The molecule has 0 saturated heterocycles. The van der Waals surface area contributed by atoms with Crippen LogP contribution in [-0.4, -0.2) is 10.7 Å². The van der Waals surface area contributed by atoms with Crippen molar-refractivity contribution in [2.24, 2.45) is 0 Å². The van der Waals surface area contributed by atoms with Gasteiger partial charge in [0.25, 0.3) is 0 Å². The van der Waals surface area contributed by atoms with Crippen LogP contribution in [0, 0.1) is 0 Å². The molecule has 0 aliphatic heterocycles. The third-order valence-electron chi connectivity index (χ3n) is 1.98. The molecule has 0 N–H and O–H groups in total. The maximum atomic E-state index is 4.41. The van der Waals surface area contributed by atoms with Crippen LogP contribution in [0.2, 0.25) is 0 Å². The summed E-state index contributed by atoms with van der Waals surface area (Å²) < 4.78 is 1.11. The molecule has 0 radical (unpaired) electrons. The molecule has 0 spiro atoms. The van der Waals surface area contributed by atoms with Crippen molar-refractivity contribution < 1.29 is 0 Å². The minimum Gasteiger partial charge on any atom is -0.255 e. The summed E-state index contributed by atoms with van der Waals surface area (Å²) in [5.41, 5.74) is 1.09. The molecule has 3 heteroatoms. The molecule has 2 rings (SSSR count). The average molecular weight is 268 g/mol. The third kappa shape index (κ3) is 1.79. The summed E-state index contributed by atoms with van der Waals surface area (Å²) >= 11 is 5.36. The first-order chi connectivity index (χ1) is 6.83. The summed E-state index contributed by atoms with van der Waals surface area (Å²) in [5, 5.41) is 1.19. The molecule has 1 heterocycles. The van der Waals surface area contributed by atoms with Crippen molar-refractivity contribution in [1.82, 2.24) is 4.98 Å². The highest BCUT2D eigenvalue weighted by Crippen LogP contribution is 2.30. The highest BCUT2D eigenvalue weighted by atomic mass is 79.9. The highest BCUT2D eigenvalue weighted by Gasteiger charge is 2.04. The largest absolute Gasteiger partial charge is 0.255 e. The lowest BCUT2D eigenvalue weighted by Gasteiger charge is -2.05. The monoisotopic (exact) mass is 267 g/mol. The van der Waals surface area contributed by atoms with Gasteiger partial charge in [-0.1, -0.05) is 28.9 Å². The Morgan fingerprint density at radius 1 is 1.36 bits per heavy atom. The number of thioether (sulfide) groups is 1. The number of rotatable bonds is 2. The summed E-state index contributed by atoms with van der Waals surface area (Å²) in [4.78, 5) is 5.67. The molecule has 1 nitrogen and oxygen atoms in total. The standard InChI is InChI=1S/C11H10BrNS/c1-2-14-10-6-5-9(12)8-4-3-7-13-11(8)10/h3-7H,2H2,1H3. The van der Waals surface area contributed by atoms with Gasteiger partial charge in [-0.2, -0.15) is 0 Å². The van der Waals surface area contributed by atoms with Crippen molar-refractivity contribution in [1.29, 1.82) is 0 Å². The van der Waals surface area contributed by atoms with Gasteiger partial charge in [0.2, 0.25) is 0 Å². The van der Waals surface area contributed by atoms with Crippen LogP contribution in [0.5, 0.6) is 0 Å².